The second kappa shape index (κ2) is 7.31. The Morgan fingerprint density at radius 3 is 2.52 bits per heavy atom. The summed E-state index contributed by atoms with van der Waals surface area (Å²) >= 11 is 0. The van der Waals surface area contributed by atoms with E-state index >= 15 is 0 Å². The third kappa shape index (κ3) is 4.94. The van der Waals surface area contributed by atoms with Gasteiger partial charge in [0.1, 0.15) is 0 Å². The summed E-state index contributed by atoms with van der Waals surface area (Å²) < 4.78 is 43.1. The summed E-state index contributed by atoms with van der Waals surface area (Å²) in [6.07, 6.45) is -4.36. The summed E-state index contributed by atoms with van der Waals surface area (Å²) in [6.45, 7) is 3.92. The van der Waals surface area contributed by atoms with Gasteiger partial charge in [0, 0.05) is 19.7 Å². The molecule has 1 N–H and O–H groups in total. The van der Waals surface area contributed by atoms with Crippen molar-refractivity contribution in [3.8, 4) is 0 Å². The van der Waals surface area contributed by atoms with Gasteiger partial charge in [-0.2, -0.15) is 13.2 Å². The van der Waals surface area contributed by atoms with Gasteiger partial charge in [-0.15, -0.1) is 0 Å². The summed E-state index contributed by atoms with van der Waals surface area (Å²) in [5.74, 6) is -0.213. The maximum atomic E-state index is 12.5. The van der Waals surface area contributed by atoms with Gasteiger partial charge in [0.05, 0.1) is 24.1 Å². The molecule has 1 aliphatic rings. The van der Waals surface area contributed by atoms with Gasteiger partial charge < -0.3 is 15.0 Å². The fourth-order valence-corrected chi connectivity index (χ4v) is 2.74. The number of benzene rings is 1. The Hall–Kier alpha value is -1.60. The SMILES string of the molecule is CCO[C@H]1CN(C)C[C@@H]1NC(=O)Cc1ccc(C(F)(F)F)cc1. The zero-order valence-corrected chi connectivity index (χ0v) is 13.2. The molecule has 0 aliphatic carbocycles. The molecule has 0 radical (unpaired) electrons. The first-order chi connectivity index (χ1) is 10.8. The van der Waals surface area contributed by atoms with Crippen molar-refractivity contribution in [1.82, 2.24) is 10.2 Å². The molecule has 1 fully saturated rings. The lowest BCUT2D eigenvalue weighted by molar-refractivity contribution is -0.137. The molecule has 1 aliphatic heterocycles. The van der Waals surface area contributed by atoms with Gasteiger partial charge in [-0.1, -0.05) is 12.1 Å². The highest BCUT2D eigenvalue weighted by Crippen LogP contribution is 2.29. The topological polar surface area (TPSA) is 41.6 Å². The number of likely N-dealkylation sites (tertiary alicyclic amines) is 1. The predicted molar refractivity (Wildman–Crippen MR) is 80.0 cm³/mol. The molecule has 0 spiro atoms. The van der Waals surface area contributed by atoms with Crippen molar-refractivity contribution in [3.63, 3.8) is 0 Å². The fraction of sp³-hybridized carbons (Fsp3) is 0.562. The molecule has 23 heavy (non-hydrogen) atoms. The zero-order valence-electron chi connectivity index (χ0n) is 13.2. The molecule has 0 saturated carbocycles. The van der Waals surface area contributed by atoms with E-state index in [4.69, 9.17) is 4.74 Å². The number of hydrogen-bond acceptors (Lipinski definition) is 3. The van der Waals surface area contributed by atoms with Crippen LogP contribution in [0, 0.1) is 0 Å². The van der Waals surface area contributed by atoms with Crippen molar-refractivity contribution in [2.75, 3.05) is 26.7 Å². The van der Waals surface area contributed by atoms with Crippen LogP contribution in [0.5, 0.6) is 0 Å². The number of carbonyl (C=O) groups excluding carboxylic acids is 1. The molecule has 1 saturated heterocycles. The number of hydrogen-bond donors (Lipinski definition) is 1. The number of carbonyl (C=O) groups is 1. The minimum atomic E-state index is -4.36. The summed E-state index contributed by atoms with van der Waals surface area (Å²) in [5.41, 5.74) is -0.162. The Morgan fingerprint density at radius 1 is 1.30 bits per heavy atom. The number of rotatable bonds is 5. The van der Waals surface area contributed by atoms with E-state index in [0.29, 0.717) is 18.7 Å². The molecule has 128 valence electrons. The quantitative estimate of drug-likeness (QED) is 0.899. The molecular formula is C16H21F3N2O2. The van der Waals surface area contributed by atoms with Gasteiger partial charge in [0.2, 0.25) is 5.91 Å². The second-order valence-electron chi connectivity index (χ2n) is 5.76. The first-order valence-corrected chi connectivity index (χ1v) is 7.55. The molecule has 0 bridgehead atoms. The van der Waals surface area contributed by atoms with Crippen LogP contribution >= 0.6 is 0 Å². The van der Waals surface area contributed by atoms with Crippen molar-refractivity contribution in [2.45, 2.75) is 31.7 Å². The van der Waals surface area contributed by atoms with Gasteiger partial charge >= 0.3 is 6.18 Å². The molecular weight excluding hydrogens is 309 g/mol. The average Bonchev–Trinajstić information content (AvgIpc) is 2.78. The first kappa shape index (κ1) is 17.7. The van der Waals surface area contributed by atoms with Gasteiger partial charge in [-0.05, 0) is 31.7 Å². The number of amides is 1. The van der Waals surface area contributed by atoms with Crippen molar-refractivity contribution >= 4 is 5.91 Å². The van der Waals surface area contributed by atoms with E-state index in [-0.39, 0.29) is 24.5 Å². The van der Waals surface area contributed by atoms with Gasteiger partial charge in [-0.25, -0.2) is 0 Å². The number of likely N-dealkylation sites (N-methyl/N-ethyl adjacent to an activating group) is 1. The summed E-state index contributed by atoms with van der Waals surface area (Å²) in [4.78, 5) is 14.2. The van der Waals surface area contributed by atoms with E-state index in [2.05, 4.69) is 10.2 Å². The molecule has 2 atom stereocenters. The summed E-state index contributed by atoms with van der Waals surface area (Å²) in [5, 5.41) is 2.91. The maximum absolute atomic E-state index is 12.5. The lowest BCUT2D eigenvalue weighted by Crippen LogP contribution is -2.44. The maximum Gasteiger partial charge on any atom is 0.416 e. The highest BCUT2D eigenvalue weighted by molar-refractivity contribution is 5.79. The lowest BCUT2D eigenvalue weighted by atomic mass is 10.1. The van der Waals surface area contributed by atoms with E-state index in [1.54, 1.807) is 0 Å². The molecule has 1 amide bonds. The van der Waals surface area contributed by atoms with Crippen molar-refractivity contribution in [2.24, 2.45) is 0 Å². The Kier molecular flexibility index (Phi) is 5.64. The highest BCUT2D eigenvalue weighted by atomic mass is 19.4. The van der Waals surface area contributed by atoms with Crippen molar-refractivity contribution < 1.29 is 22.7 Å². The molecule has 1 aromatic rings. The van der Waals surface area contributed by atoms with Crippen LogP contribution in [0.1, 0.15) is 18.1 Å². The lowest BCUT2D eigenvalue weighted by Gasteiger charge is -2.19. The Labute approximate surface area is 133 Å². The normalized spacial score (nSPS) is 22.3. The van der Waals surface area contributed by atoms with E-state index < -0.39 is 11.7 Å². The van der Waals surface area contributed by atoms with Crippen LogP contribution < -0.4 is 5.32 Å². The average molecular weight is 330 g/mol. The molecule has 1 heterocycles. The smallest absolute Gasteiger partial charge is 0.375 e. The monoisotopic (exact) mass is 330 g/mol. The molecule has 1 aromatic carbocycles. The summed E-state index contributed by atoms with van der Waals surface area (Å²) in [6, 6.07) is 4.57. The summed E-state index contributed by atoms with van der Waals surface area (Å²) in [7, 11) is 1.95. The number of halogens is 3. The standard InChI is InChI=1S/C16H21F3N2O2/c1-3-23-14-10-21(2)9-13(14)20-15(22)8-11-4-6-12(7-5-11)16(17,18)19/h4-7,13-14H,3,8-10H2,1-2H3,(H,20,22)/t13-,14-/m0/s1. The Morgan fingerprint density at radius 2 is 1.96 bits per heavy atom. The van der Waals surface area contributed by atoms with E-state index in [0.717, 1.165) is 18.7 Å². The Bertz CT molecular complexity index is 531. The van der Waals surface area contributed by atoms with Crippen LogP contribution in [-0.2, 0) is 22.1 Å². The largest absolute Gasteiger partial charge is 0.416 e. The van der Waals surface area contributed by atoms with E-state index in [1.807, 2.05) is 14.0 Å². The van der Waals surface area contributed by atoms with Crippen LogP contribution in [0.3, 0.4) is 0 Å². The molecule has 0 unspecified atom stereocenters. The fourth-order valence-electron chi connectivity index (χ4n) is 2.74. The zero-order chi connectivity index (χ0) is 17.0. The van der Waals surface area contributed by atoms with Crippen LogP contribution in [0.25, 0.3) is 0 Å². The Balaban J connectivity index is 1.91. The minimum Gasteiger partial charge on any atom is -0.375 e. The predicted octanol–water partition coefficient (Wildman–Crippen LogP) is 2.08. The molecule has 4 nitrogen and oxygen atoms in total. The van der Waals surface area contributed by atoms with E-state index in [1.165, 1.54) is 12.1 Å². The van der Waals surface area contributed by atoms with Crippen molar-refractivity contribution in [1.29, 1.82) is 0 Å². The molecule has 7 heteroatoms. The molecule has 2 rings (SSSR count). The van der Waals surface area contributed by atoms with Crippen LogP contribution in [0.15, 0.2) is 24.3 Å². The highest BCUT2D eigenvalue weighted by Gasteiger charge is 2.32. The van der Waals surface area contributed by atoms with Gasteiger partial charge in [0.25, 0.3) is 0 Å². The van der Waals surface area contributed by atoms with Gasteiger partial charge in [0.15, 0.2) is 0 Å². The second-order valence-corrected chi connectivity index (χ2v) is 5.76. The number of nitrogens with one attached hydrogen (secondary N) is 1. The van der Waals surface area contributed by atoms with E-state index in [9.17, 15) is 18.0 Å². The van der Waals surface area contributed by atoms with Crippen molar-refractivity contribution in [3.05, 3.63) is 35.4 Å². The number of alkyl halides is 3. The third-order valence-corrected chi connectivity index (χ3v) is 3.82. The van der Waals surface area contributed by atoms with Crippen LogP contribution in [0.2, 0.25) is 0 Å². The minimum absolute atomic E-state index is 0.0528. The first-order valence-electron chi connectivity index (χ1n) is 7.55. The van der Waals surface area contributed by atoms with Crippen LogP contribution in [0.4, 0.5) is 13.2 Å². The third-order valence-electron chi connectivity index (χ3n) is 3.82. The number of nitrogens with zero attached hydrogens (tertiary/aromatic N) is 1. The molecule has 0 aromatic heterocycles. The van der Waals surface area contributed by atoms with Crippen LogP contribution in [-0.4, -0.2) is 49.7 Å². The number of ether oxygens (including phenoxy) is 1. The van der Waals surface area contributed by atoms with Gasteiger partial charge in [-0.3, -0.25) is 4.79 Å².